The third-order valence-electron chi connectivity index (χ3n) is 24.2. The van der Waals surface area contributed by atoms with Crippen LogP contribution >= 0.6 is 0 Å². The van der Waals surface area contributed by atoms with Crippen molar-refractivity contribution in [2.24, 2.45) is 0 Å². The summed E-state index contributed by atoms with van der Waals surface area (Å²) < 4.78 is 32.3. The van der Waals surface area contributed by atoms with Gasteiger partial charge in [-0.3, -0.25) is 0 Å². The average Bonchev–Trinajstić information content (AvgIpc) is 1.52. The van der Waals surface area contributed by atoms with Crippen LogP contribution < -0.4 is 14.7 Å². The van der Waals surface area contributed by atoms with Crippen molar-refractivity contribution < 1.29 is 17.7 Å². The fraction of sp³-hybridized carbons (Fsp3) is 0.0784. The van der Waals surface area contributed by atoms with Crippen molar-refractivity contribution >= 4 is 156 Å². The Balaban J connectivity index is 0.839. The first-order valence-electron chi connectivity index (χ1n) is 38.2. The summed E-state index contributed by atoms with van der Waals surface area (Å²) in [6, 6.07) is 115. The van der Waals surface area contributed by atoms with E-state index in [1.165, 1.54) is 44.5 Å². The molecule has 3 aliphatic carbocycles. The lowest BCUT2D eigenvalue weighted by molar-refractivity contribution is 0.546. The van der Waals surface area contributed by atoms with Crippen LogP contribution in [0, 0.1) is 0 Å². The standard InChI is InChI=1S/C102H70N4O4/c1-101(2)79-37-17-11-29-69(79)71-55-53-67(57-81(71)101)105(83-39-23-35-75-73-31-13-19-41-89(73)107-97(75)83)87-59-85-95(93-77-33-15-21-43-91(77)109-99(87)93)96-86(104(85)66-51-47-62(48-52-66)61-45-49-65(50-46-61)103(63-25-7-5-8-26-63)64-27-9-6-10-28-64)60-88(100-94(96)78-34-16-22-44-92(78)110-100)106(84-40-24-36-76-74-32-14-20-42-90(74)108-98(76)84)68-54-56-72-70-30-12-18-38-80(70)102(3,4)82(72)58-68/h5-21,23-43,45-60H,22,44H2,1-4H3. The highest BCUT2D eigenvalue weighted by molar-refractivity contribution is 6.36. The molecule has 0 aliphatic heterocycles. The number of nitrogens with zero attached hydrogens (tertiary/aromatic N) is 4. The Bertz CT molecular complexity index is 7250. The first-order valence-corrected chi connectivity index (χ1v) is 38.2. The third-order valence-corrected chi connectivity index (χ3v) is 24.2. The van der Waals surface area contributed by atoms with Gasteiger partial charge in [0, 0.05) is 105 Å². The minimum absolute atomic E-state index is 0.306. The number of aromatic nitrogens is 1. The number of para-hydroxylation sites is 7. The molecule has 8 nitrogen and oxygen atoms in total. The SMILES string of the molecule is CC1(C)c2ccccc2-c2ccc(N(c3cccc4c3oc3ccccc34)c3cc4c(c5c6c(oc35)CCC=C6)c3c5c(oc6ccccc65)c(N(c5ccc6c(c5)C(C)(C)c5ccccc5-6)c5cccc6c5oc5ccccc56)cc3n4-c3ccc(-c4ccc(N(c5ccccc5)c5ccccc5)cc4)cc3)cc21. The van der Waals surface area contributed by atoms with E-state index in [1.54, 1.807) is 0 Å². The second-order valence-electron chi connectivity index (χ2n) is 30.9. The van der Waals surface area contributed by atoms with E-state index in [1.807, 2.05) is 0 Å². The maximum atomic E-state index is 7.73. The fourth-order valence-corrected chi connectivity index (χ4v) is 19.1. The van der Waals surface area contributed by atoms with Crippen molar-refractivity contribution in [1.29, 1.82) is 0 Å². The number of fused-ring (bicyclic) bond motifs is 23. The highest BCUT2D eigenvalue weighted by Crippen LogP contribution is 2.59. The van der Waals surface area contributed by atoms with Gasteiger partial charge in [0.1, 0.15) is 22.5 Å². The summed E-state index contributed by atoms with van der Waals surface area (Å²) in [7, 11) is 0. The summed E-state index contributed by atoms with van der Waals surface area (Å²) in [5.41, 5.74) is 30.0. The van der Waals surface area contributed by atoms with Crippen molar-refractivity contribution in [3.05, 3.63) is 355 Å². The Kier molecular flexibility index (Phi) is 13.2. The van der Waals surface area contributed by atoms with E-state index >= 15 is 0 Å². The largest absolute Gasteiger partial charge is 0.458 e. The lowest BCUT2D eigenvalue weighted by Crippen LogP contribution is -2.16. The molecule has 3 aliphatic rings. The monoisotopic (exact) mass is 1410 g/mol. The highest BCUT2D eigenvalue weighted by atomic mass is 16.3. The van der Waals surface area contributed by atoms with Crippen LogP contribution in [0.25, 0.3) is 144 Å². The van der Waals surface area contributed by atoms with Gasteiger partial charge in [-0.2, -0.15) is 0 Å². The number of rotatable bonds is 11. The lowest BCUT2D eigenvalue weighted by atomic mass is 9.82. The molecular formula is C102H70N4O4. The Morgan fingerprint density at radius 2 is 0.718 bits per heavy atom. The summed E-state index contributed by atoms with van der Waals surface area (Å²) in [6.45, 7) is 9.45. The van der Waals surface area contributed by atoms with Crippen LogP contribution in [-0.2, 0) is 17.3 Å². The van der Waals surface area contributed by atoms with E-state index in [-0.39, 0.29) is 10.8 Å². The molecule has 0 fully saturated rings. The predicted octanol–water partition coefficient (Wildman–Crippen LogP) is 28.9. The van der Waals surface area contributed by atoms with E-state index < -0.39 is 0 Å². The number of hydrogen-bond acceptors (Lipinski definition) is 7. The number of hydrogen-bond donors (Lipinski definition) is 0. The average molecular weight is 1420 g/mol. The second kappa shape index (κ2) is 23.3. The van der Waals surface area contributed by atoms with Gasteiger partial charge in [0.15, 0.2) is 22.3 Å². The summed E-state index contributed by atoms with van der Waals surface area (Å²) in [5.74, 6) is 0.951. The molecule has 0 saturated heterocycles. The molecule has 23 rings (SSSR count). The maximum absolute atomic E-state index is 7.73. The van der Waals surface area contributed by atoms with Gasteiger partial charge >= 0.3 is 0 Å². The van der Waals surface area contributed by atoms with Gasteiger partial charge in [-0.05, 0) is 177 Å². The molecule has 0 unspecified atom stereocenters. The van der Waals surface area contributed by atoms with Crippen molar-refractivity contribution in [2.75, 3.05) is 14.7 Å². The highest BCUT2D eigenvalue weighted by Gasteiger charge is 2.40. The minimum Gasteiger partial charge on any atom is -0.458 e. The topological polar surface area (TPSA) is 67.2 Å². The Morgan fingerprint density at radius 1 is 0.300 bits per heavy atom. The van der Waals surface area contributed by atoms with Gasteiger partial charge in [-0.15, -0.1) is 0 Å². The normalized spacial score (nSPS) is 13.9. The second-order valence-corrected chi connectivity index (χ2v) is 30.9. The molecule has 110 heavy (non-hydrogen) atoms. The van der Waals surface area contributed by atoms with Gasteiger partial charge in [-0.1, -0.05) is 240 Å². The number of furan rings is 4. The van der Waals surface area contributed by atoms with Gasteiger partial charge in [0.2, 0.25) is 0 Å². The number of allylic oxidation sites excluding steroid dienone is 1. The molecule has 0 saturated carbocycles. The zero-order valence-electron chi connectivity index (χ0n) is 61.0. The minimum atomic E-state index is -0.311. The summed E-state index contributed by atoms with van der Waals surface area (Å²) in [6.07, 6.45) is 6.23. The fourth-order valence-electron chi connectivity index (χ4n) is 19.1. The molecular weight excluding hydrogens is 1350 g/mol. The zero-order valence-corrected chi connectivity index (χ0v) is 61.0. The third kappa shape index (κ3) is 8.96. The number of benzene rings is 15. The van der Waals surface area contributed by atoms with E-state index in [2.05, 4.69) is 375 Å². The van der Waals surface area contributed by atoms with E-state index in [4.69, 9.17) is 17.7 Å². The maximum Gasteiger partial charge on any atom is 0.160 e. The smallest absolute Gasteiger partial charge is 0.160 e. The molecule has 8 heteroatoms. The number of aryl methyl sites for hydroxylation is 1. The van der Waals surface area contributed by atoms with Crippen molar-refractivity contribution in [3.8, 4) is 39.1 Å². The lowest BCUT2D eigenvalue weighted by Gasteiger charge is -2.28. The van der Waals surface area contributed by atoms with Crippen molar-refractivity contribution in [2.45, 2.75) is 51.4 Å². The molecule has 0 atom stereocenters. The van der Waals surface area contributed by atoms with Crippen LogP contribution in [0.5, 0.6) is 0 Å². The van der Waals surface area contributed by atoms with Crippen molar-refractivity contribution in [3.63, 3.8) is 0 Å². The van der Waals surface area contributed by atoms with Crippen LogP contribution in [-0.4, -0.2) is 4.57 Å². The molecule has 5 aromatic heterocycles. The molecule has 0 amide bonds. The molecule has 522 valence electrons. The van der Waals surface area contributed by atoms with Crippen molar-refractivity contribution in [1.82, 2.24) is 4.57 Å². The van der Waals surface area contributed by atoms with Crippen LogP contribution in [0.15, 0.2) is 339 Å². The van der Waals surface area contributed by atoms with E-state index in [0.29, 0.717) is 0 Å². The van der Waals surface area contributed by atoms with E-state index in [0.717, 1.165) is 191 Å². The van der Waals surface area contributed by atoms with Gasteiger partial charge < -0.3 is 36.9 Å². The molecule has 5 heterocycles. The van der Waals surface area contributed by atoms with E-state index in [9.17, 15) is 0 Å². The summed E-state index contributed by atoms with van der Waals surface area (Å²) in [4.78, 5) is 7.17. The molecule has 0 spiro atoms. The van der Waals surface area contributed by atoms with Crippen LogP contribution in [0.4, 0.5) is 51.2 Å². The predicted molar refractivity (Wildman–Crippen MR) is 454 cm³/mol. The van der Waals surface area contributed by atoms with Crippen LogP contribution in [0.2, 0.25) is 0 Å². The molecule has 15 aromatic carbocycles. The Labute approximate surface area is 634 Å². The Morgan fingerprint density at radius 3 is 1.26 bits per heavy atom. The molecule has 0 radical (unpaired) electrons. The Hall–Kier alpha value is -13.8. The summed E-state index contributed by atoms with van der Waals surface area (Å²) >= 11 is 0. The summed E-state index contributed by atoms with van der Waals surface area (Å²) in [5, 5.41) is 9.32. The van der Waals surface area contributed by atoms with Gasteiger partial charge in [-0.25, -0.2) is 0 Å². The quantitative estimate of drug-likeness (QED) is 0.128. The zero-order chi connectivity index (χ0) is 72.8. The van der Waals surface area contributed by atoms with Gasteiger partial charge in [0.25, 0.3) is 0 Å². The van der Waals surface area contributed by atoms with Crippen LogP contribution in [0.3, 0.4) is 0 Å². The molecule has 0 bridgehead atoms. The van der Waals surface area contributed by atoms with Crippen LogP contribution in [0.1, 0.15) is 67.7 Å². The molecule has 20 aromatic rings. The number of anilines is 9. The van der Waals surface area contributed by atoms with Gasteiger partial charge in [0.05, 0.1) is 33.8 Å². The molecule has 0 N–H and O–H groups in total. The first-order chi connectivity index (χ1) is 54.1. The first kappa shape index (κ1) is 62.4.